The number of aryl methyl sites for hydroxylation is 3. The van der Waals surface area contributed by atoms with Gasteiger partial charge in [-0.2, -0.15) is 0 Å². The van der Waals surface area contributed by atoms with E-state index in [1.54, 1.807) is 13.0 Å². The Morgan fingerprint density at radius 2 is 1.73 bits per heavy atom. The lowest BCUT2D eigenvalue weighted by Gasteiger charge is -2.16. The van der Waals surface area contributed by atoms with Gasteiger partial charge in [-0.1, -0.05) is 23.7 Å². The van der Waals surface area contributed by atoms with E-state index < -0.39 is 6.10 Å². The maximum atomic E-state index is 12.2. The van der Waals surface area contributed by atoms with Crippen molar-refractivity contribution in [3.63, 3.8) is 0 Å². The molecular weight excluding hydrogens is 298 g/mol. The van der Waals surface area contributed by atoms with E-state index in [0.29, 0.717) is 16.5 Å². The summed E-state index contributed by atoms with van der Waals surface area (Å²) in [6.45, 7) is 7.64. The van der Waals surface area contributed by atoms with Gasteiger partial charge in [-0.15, -0.1) is 0 Å². The van der Waals surface area contributed by atoms with Crippen LogP contribution in [0.2, 0.25) is 5.02 Å². The van der Waals surface area contributed by atoms with Crippen molar-refractivity contribution in [1.82, 2.24) is 0 Å². The van der Waals surface area contributed by atoms with E-state index in [1.165, 1.54) is 0 Å². The number of rotatable bonds is 4. The molecule has 0 aliphatic carbocycles. The molecule has 3 nitrogen and oxygen atoms in total. The molecule has 2 rings (SSSR count). The Labute approximate surface area is 136 Å². The molecule has 1 N–H and O–H groups in total. The van der Waals surface area contributed by atoms with Crippen LogP contribution in [0.3, 0.4) is 0 Å². The molecule has 2 aromatic carbocycles. The Morgan fingerprint density at radius 1 is 1.09 bits per heavy atom. The molecule has 1 amide bonds. The van der Waals surface area contributed by atoms with E-state index in [0.717, 1.165) is 16.7 Å². The van der Waals surface area contributed by atoms with E-state index >= 15 is 0 Å². The molecule has 22 heavy (non-hydrogen) atoms. The lowest BCUT2D eigenvalue weighted by molar-refractivity contribution is -0.122. The average molecular weight is 318 g/mol. The first-order valence-electron chi connectivity index (χ1n) is 7.17. The van der Waals surface area contributed by atoms with Crippen LogP contribution in [-0.2, 0) is 4.79 Å². The summed E-state index contributed by atoms with van der Waals surface area (Å²) >= 11 is 6.06. The number of hydrogen-bond acceptors (Lipinski definition) is 2. The number of hydrogen-bond donors (Lipinski definition) is 1. The van der Waals surface area contributed by atoms with Crippen LogP contribution in [-0.4, -0.2) is 12.0 Å². The van der Waals surface area contributed by atoms with Crippen LogP contribution in [0.15, 0.2) is 36.4 Å². The number of halogens is 1. The fourth-order valence-corrected chi connectivity index (χ4v) is 2.35. The van der Waals surface area contributed by atoms with Crippen LogP contribution in [0.25, 0.3) is 0 Å². The van der Waals surface area contributed by atoms with Crippen molar-refractivity contribution in [2.75, 3.05) is 5.32 Å². The minimum absolute atomic E-state index is 0.209. The zero-order valence-electron chi connectivity index (χ0n) is 13.2. The maximum Gasteiger partial charge on any atom is 0.265 e. The Balaban J connectivity index is 2.04. The Kier molecular flexibility index (Phi) is 5.09. The van der Waals surface area contributed by atoms with Crippen molar-refractivity contribution >= 4 is 23.2 Å². The van der Waals surface area contributed by atoms with Crippen molar-refractivity contribution in [1.29, 1.82) is 0 Å². The zero-order chi connectivity index (χ0) is 16.3. The summed E-state index contributed by atoms with van der Waals surface area (Å²) in [5.74, 6) is 0.487. The molecule has 0 radical (unpaired) electrons. The van der Waals surface area contributed by atoms with Gasteiger partial charge in [-0.25, -0.2) is 0 Å². The van der Waals surface area contributed by atoms with Crippen LogP contribution in [0.5, 0.6) is 5.75 Å². The molecule has 0 heterocycles. The van der Waals surface area contributed by atoms with Crippen LogP contribution in [0.4, 0.5) is 5.69 Å². The summed E-state index contributed by atoms with van der Waals surface area (Å²) in [7, 11) is 0. The molecule has 0 saturated heterocycles. The second kappa shape index (κ2) is 6.84. The molecule has 0 fully saturated rings. The molecule has 0 aliphatic rings. The third-order valence-corrected chi connectivity index (χ3v) is 3.72. The largest absolute Gasteiger partial charge is 0.481 e. The highest BCUT2D eigenvalue weighted by Gasteiger charge is 2.15. The third kappa shape index (κ3) is 4.25. The van der Waals surface area contributed by atoms with E-state index in [2.05, 4.69) is 11.4 Å². The molecule has 116 valence electrons. The van der Waals surface area contributed by atoms with Gasteiger partial charge in [0.25, 0.3) is 5.91 Å². The Bertz CT molecular complexity index is 677. The molecule has 4 heteroatoms. The number of benzene rings is 2. The van der Waals surface area contributed by atoms with Crippen molar-refractivity contribution < 1.29 is 9.53 Å². The molecule has 2 aromatic rings. The zero-order valence-corrected chi connectivity index (χ0v) is 14.0. The molecule has 0 spiro atoms. The fraction of sp³-hybridized carbons (Fsp3) is 0.278. The van der Waals surface area contributed by atoms with Crippen LogP contribution >= 0.6 is 11.6 Å². The van der Waals surface area contributed by atoms with Gasteiger partial charge in [0.2, 0.25) is 0 Å². The number of anilines is 1. The van der Waals surface area contributed by atoms with E-state index in [-0.39, 0.29) is 5.91 Å². The van der Waals surface area contributed by atoms with Crippen molar-refractivity contribution in [2.45, 2.75) is 33.8 Å². The first-order chi connectivity index (χ1) is 10.3. The lowest BCUT2D eigenvalue weighted by atomic mass is 10.1. The summed E-state index contributed by atoms with van der Waals surface area (Å²) in [5.41, 5.74) is 3.84. The number of carbonyl (C=O) groups excluding carboxylic acids is 1. The highest BCUT2D eigenvalue weighted by Crippen LogP contribution is 2.21. The Morgan fingerprint density at radius 3 is 2.32 bits per heavy atom. The normalized spacial score (nSPS) is 11.9. The highest BCUT2D eigenvalue weighted by molar-refractivity contribution is 6.31. The second-order valence-corrected chi connectivity index (χ2v) is 5.94. The predicted octanol–water partition coefficient (Wildman–Crippen LogP) is 4.67. The summed E-state index contributed by atoms with van der Waals surface area (Å²) < 4.78 is 5.72. The van der Waals surface area contributed by atoms with Gasteiger partial charge in [0.1, 0.15) is 5.75 Å². The molecule has 0 saturated carbocycles. The summed E-state index contributed by atoms with van der Waals surface area (Å²) in [5, 5.41) is 3.44. The van der Waals surface area contributed by atoms with Gasteiger partial charge < -0.3 is 10.1 Å². The smallest absolute Gasteiger partial charge is 0.265 e. The highest BCUT2D eigenvalue weighted by atomic mass is 35.5. The average Bonchev–Trinajstić information content (AvgIpc) is 2.41. The fourth-order valence-electron chi connectivity index (χ4n) is 2.17. The molecule has 0 aliphatic heterocycles. The Hall–Kier alpha value is -2.00. The van der Waals surface area contributed by atoms with Gasteiger partial charge in [0.15, 0.2) is 6.10 Å². The SMILES string of the molecule is Cc1cc(C)cc(OC(C)C(=O)Nc2ccc(C)c(Cl)c2)c1. The summed E-state index contributed by atoms with van der Waals surface area (Å²) in [6.07, 6.45) is -0.596. The second-order valence-electron chi connectivity index (χ2n) is 5.54. The van der Waals surface area contributed by atoms with Crippen LogP contribution in [0, 0.1) is 20.8 Å². The van der Waals surface area contributed by atoms with Crippen LogP contribution < -0.4 is 10.1 Å². The minimum atomic E-state index is -0.596. The minimum Gasteiger partial charge on any atom is -0.481 e. The first-order valence-corrected chi connectivity index (χ1v) is 7.55. The maximum absolute atomic E-state index is 12.2. The van der Waals surface area contributed by atoms with Gasteiger partial charge in [-0.3, -0.25) is 4.79 Å². The molecule has 1 atom stereocenters. The van der Waals surface area contributed by atoms with Crippen molar-refractivity contribution in [3.05, 3.63) is 58.1 Å². The third-order valence-electron chi connectivity index (χ3n) is 3.32. The van der Waals surface area contributed by atoms with Crippen molar-refractivity contribution in [2.24, 2.45) is 0 Å². The van der Waals surface area contributed by atoms with Crippen molar-refractivity contribution in [3.8, 4) is 5.75 Å². The summed E-state index contributed by atoms with van der Waals surface area (Å²) in [4.78, 5) is 12.2. The van der Waals surface area contributed by atoms with Gasteiger partial charge in [-0.05, 0) is 68.7 Å². The van der Waals surface area contributed by atoms with Crippen LogP contribution in [0.1, 0.15) is 23.6 Å². The number of ether oxygens (including phenoxy) is 1. The number of nitrogens with one attached hydrogen (secondary N) is 1. The molecular formula is C18H20ClNO2. The van der Waals surface area contributed by atoms with E-state index in [1.807, 2.05) is 45.0 Å². The number of carbonyl (C=O) groups is 1. The first kappa shape index (κ1) is 16.4. The summed E-state index contributed by atoms with van der Waals surface area (Å²) in [6, 6.07) is 11.3. The van der Waals surface area contributed by atoms with Gasteiger partial charge in [0, 0.05) is 10.7 Å². The quantitative estimate of drug-likeness (QED) is 0.889. The van der Waals surface area contributed by atoms with E-state index in [9.17, 15) is 4.79 Å². The van der Waals surface area contributed by atoms with E-state index in [4.69, 9.17) is 16.3 Å². The predicted molar refractivity (Wildman–Crippen MR) is 90.8 cm³/mol. The topological polar surface area (TPSA) is 38.3 Å². The standard InChI is InChI=1S/C18H20ClNO2/c1-11-7-12(2)9-16(8-11)22-14(4)18(21)20-15-6-5-13(3)17(19)10-15/h5-10,14H,1-4H3,(H,20,21). The number of amides is 1. The van der Waals surface area contributed by atoms with Gasteiger partial charge >= 0.3 is 0 Å². The molecule has 0 bridgehead atoms. The molecule has 1 unspecified atom stereocenters. The monoisotopic (exact) mass is 317 g/mol. The van der Waals surface area contributed by atoms with Gasteiger partial charge in [0.05, 0.1) is 0 Å². The lowest BCUT2D eigenvalue weighted by Crippen LogP contribution is -2.30. The molecule has 0 aromatic heterocycles.